The van der Waals surface area contributed by atoms with Gasteiger partial charge in [-0.1, -0.05) is 12.1 Å². The van der Waals surface area contributed by atoms with Crippen molar-refractivity contribution >= 4 is 12.6 Å². The number of aliphatic hydroxyl groups is 1. The Balaban J connectivity index is 1.87. The van der Waals surface area contributed by atoms with Crippen molar-refractivity contribution in [1.29, 1.82) is 0 Å². The van der Waals surface area contributed by atoms with Crippen LogP contribution < -0.4 is 10.2 Å². The van der Waals surface area contributed by atoms with Gasteiger partial charge in [-0.15, -0.1) is 0 Å². The largest absolute Gasteiger partial charge is 0.491 e. The van der Waals surface area contributed by atoms with Crippen molar-refractivity contribution in [3.8, 4) is 11.6 Å². The number of nitrogens with zero attached hydrogens (tertiary/aromatic N) is 2. The van der Waals surface area contributed by atoms with Gasteiger partial charge in [0, 0.05) is 5.56 Å². The normalized spacial score (nSPS) is 13.5. The molecule has 1 aliphatic heterocycles. The van der Waals surface area contributed by atoms with Gasteiger partial charge < -0.3 is 19.5 Å². The molecule has 1 aromatic heterocycles. The van der Waals surface area contributed by atoms with E-state index >= 15 is 0 Å². The molecule has 96 valence electrons. The highest BCUT2D eigenvalue weighted by molar-refractivity contribution is 6.61. The number of aromatic nitrogens is 2. The first-order chi connectivity index (χ1) is 9.28. The van der Waals surface area contributed by atoms with Crippen molar-refractivity contribution in [3.05, 3.63) is 41.9 Å². The first-order valence-electron chi connectivity index (χ1n) is 5.79. The molecule has 0 atom stereocenters. The van der Waals surface area contributed by atoms with E-state index in [1.54, 1.807) is 18.2 Å². The van der Waals surface area contributed by atoms with E-state index in [1.165, 1.54) is 12.4 Å². The number of hydrogen-bond acceptors (Lipinski definition) is 6. The zero-order valence-electron chi connectivity index (χ0n) is 9.98. The minimum Gasteiger partial charge on any atom is -0.437 e. The second kappa shape index (κ2) is 4.97. The molecule has 2 N–H and O–H groups in total. The number of ether oxygens (including phenoxy) is 1. The zero-order chi connectivity index (χ0) is 13.2. The molecule has 3 rings (SSSR count). The maximum Gasteiger partial charge on any atom is 0.491 e. The molecule has 0 radical (unpaired) electrons. The third-order valence-electron chi connectivity index (χ3n) is 2.88. The highest BCUT2D eigenvalue weighted by atomic mass is 16.5. The SMILES string of the molecule is OCc1cnc(Oc2cccc3c2COB3O)cn1. The lowest BCUT2D eigenvalue weighted by molar-refractivity contribution is 0.272. The first kappa shape index (κ1) is 12.1. The zero-order valence-corrected chi connectivity index (χ0v) is 9.98. The molecule has 7 heteroatoms. The van der Waals surface area contributed by atoms with E-state index in [2.05, 4.69) is 9.97 Å². The maximum atomic E-state index is 9.61. The lowest BCUT2D eigenvalue weighted by Gasteiger charge is -2.08. The standard InChI is InChI=1S/C12H11BN2O4/c16-6-8-4-15-12(5-14-8)19-11-3-1-2-10-9(11)7-18-13(10)17/h1-5,16-17H,6-7H2. The number of hydrogen-bond donors (Lipinski definition) is 2. The van der Waals surface area contributed by atoms with E-state index in [4.69, 9.17) is 14.5 Å². The van der Waals surface area contributed by atoms with Gasteiger partial charge in [-0.2, -0.15) is 0 Å². The molecule has 0 amide bonds. The van der Waals surface area contributed by atoms with Gasteiger partial charge in [-0.05, 0) is 11.5 Å². The fourth-order valence-corrected chi connectivity index (χ4v) is 1.91. The van der Waals surface area contributed by atoms with Crippen molar-refractivity contribution in [1.82, 2.24) is 9.97 Å². The van der Waals surface area contributed by atoms with Crippen LogP contribution in [0.2, 0.25) is 0 Å². The molecule has 19 heavy (non-hydrogen) atoms. The van der Waals surface area contributed by atoms with Gasteiger partial charge in [0.1, 0.15) is 5.75 Å². The van der Waals surface area contributed by atoms with Crippen LogP contribution in [-0.2, 0) is 17.9 Å². The van der Waals surface area contributed by atoms with Crippen LogP contribution in [0.4, 0.5) is 0 Å². The molecular weight excluding hydrogens is 247 g/mol. The minimum atomic E-state index is -0.901. The highest BCUT2D eigenvalue weighted by Gasteiger charge is 2.29. The Morgan fingerprint density at radius 3 is 2.95 bits per heavy atom. The van der Waals surface area contributed by atoms with Crippen LogP contribution in [0.15, 0.2) is 30.6 Å². The highest BCUT2D eigenvalue weighted by Crippen LogP contribution is 2.26. The summed E-state index contributed by atoms with van der Waals surface area (Å²) < 4.78 is 10.8. The summed E-state index contributed by atoms with van der Waals surface area (Å²) in [5, 5.41) is 18.5. The average Bonchev–Trinajstić information content (AvgIpc) is 2.83. The Labute approximate surface area is 109 Å². The van der Waals surface area contributed by atoms with Gasteiger partial charge >= 0.3 is 7.12 Å². The Bertz CT molecular complexity index is 591. The van der Waals surface area contributed by atoms with Gasteiger partial charge in [0.2, 0.25) is 5.88 Å². The van der Waals surface area contributed by atoms with Crippen LogP contribution in [0.25, 0.3) is 0 Å². The molecule has 1 aliphatic rings. The van der Waals surface area contributed by atoms with Crippen molar-refractivity contribution in [2.75, 3.05) is 0 Å². The molecular formula is C12H11BN2O4. The Hall–Kier alpha value is -1.96. The predicted molar refractivity (Wildman–Crippen MR) is 66.9 cm³/mol. The smallest absolute Gasteiger partial charge is 0.437 e. The molecule has 6 nitrogen and oxygen atoms in total. The second-order valence-electron chi connectivity index (χ2n) is 4.09. The predicted octanol–water partition coefficient (Wildman–Crippen LogP) is -0.0211. The van der Waals surface area contributed by atoms with Gasteiger partial charge in [-0.3, -0.25) is 4.98 Å². The summed E-state index contributed by atoms with van der Waals surface area (Å²) >= 11 is 0. The Morgan fingerprint density at radius 1 is 1.32 bits per heavy atom. The summed E-state index contributed by atoms with van der Waals surface area (Å²) in [6.07, 6.45) is 2.89. The van der Waals surface area contributed by atoms with E-state index in [0.29, 0.717) is 29.4 Å². The summed E-state index contributed by atoms with van der Waals surface area (Å²) in [5.74, 6) is 0.909. The second-order valence-corrected chi connectivity index (χ2v) is 4.09. The number of benzene rings is 1. The topological polar surface area (TPSA) is 84.7 Å². The lowest BCUT2D eigenvalue weighted by atomic mass is 9.79. The fourth-order valence-electron chi connectivity index (χ4n) is 1.91. The van der Waals surface area contributed by atoms with Crippen LogP contribution in [0.5, 0.6) is 11.6 Å². The molecule has 0 saturated carbocycles. The summed E-state index contributed by atoms with van der Waals surface area (Å²) in [6.45, 7) is 0.142. The van der Waals surface area contributed by atoms with Crippen molar-refractivity contribution < 1.29 is 19.5 Å². The molecule has 0 fully saturated rings. The first-order valence-corrected chi connectivity index (χ1v) is 5.79. The van der Waals surface area contributed by atoms with E-state index in [-0.39, 0.29) is 6.61 Å². The number of aliphatic hydroxyl groups excluding tert-OH is 1. The number of fused-ring (bicyclic) bond motifs is 1. The van der Waals surface area contributed by atoms with Crippen LogP contribution in [0.3, 0.4) is 0 Å². The molecule has 0 spiro atoms. The molecule has 2 aromatic rings. The molecule has 1 aromatic carbocycles. The van der Waals surface area contributed by atoms with Gasteiger partial charge in [0.05, 0.1) is 31.3 Å². The van der Waals surface area contributed by atoms with Crippen molar-refractivity contribution in [3.63, 3.8) is 0 Å². The molecule has 0 bridgehead atoms. The quantitative estimate of drug-likeness (QED) is 0.752. The summed E-state index contributed by atoms with van der Waals surface area (Å²) in [7, 11) is -0.901. The van der Waals surface area contributed by atoms with Crippen molar-refractivity contribution in [2.24, 2.45) is 0 Å². The summed E-state index contributed by atoms with van der Waals surface area (Å²) in [4.78, 5) is 8.02. The maximum absolute atomic E-state index is 9.61. The van der Waals surface area contributed by atoms with Crippen LogP contribution in [0.1, 0.15) is 11.3 Å². The average molecular weight is 258 g/mol. The molecule has 0 saturated heterocycles. The van der Waals surface area contributed by atoms with Crippen LogP contribution in [-0.4, -0.2) is 27.2 Å². The van der Waals surface area contributed by atoms with Gasteiger partial charge in [-0.25, -0.2) is 4.98 Å². The number of rotatable bonds is 3. The summed E-state index contributed by atoms with van der Waals surface area (Å²) in [6, 6.07) is 5.35. The third-order valence-corrected chi connectivity index (χ3v) is 2.88. The van der Waals surface area contributed by atoms with E-state index in [9.17, 15) is 5.02 Å². The Kier molecular flexibility index (Phi) is 3.16. The van der Waals surface area contributed by atoms with Crippen molar-refractivity contribution in [2.45, 2.75) is 13.2 Å². The van der Waals surface area contributed by atoms with Gasteiger partial charge in [0.25, 0.3) is 0 Å². The summed E-state index contributed by atoms with van der Waals surface area (Å²) in [5.41, 5.74) is 1.99. The lowest BCUT2D eigenvalue weighted by Crippen LogP contribution is -2.27. The third kappa shape index (κ3) is 2.31. The molecule has 0 aliphatic carbocycles. The monoisotopic (exact) mass is 258 g/mol. The van der Waals surface area contributed by atoms with Crippen LogP contribution >= 0.6 is 0 Å². The van der Waals surface area contributed by atoms with E-state index in [0.717, 1.165) is 5.56 Å². The van der Waals surface area contributed by atoms with E-state index in [1.807, 2.05) is 0 Å². The Morgan fingerprint density at radius 2 is 2.21 bits per heavy atom. The fraction of sp³-hybridized carbons (Fsp3) is 0.167. The van der Waals surface area contributed by atoms with Crippen LogP contribution in [0, 0.1) is 0 Å². The molecule has 0 unspecified atom stereocenters. The molecule has 2 heterocycles. The minimum absolute atomic E-state index is 0.159. The van der Waals surface area contributed by atoms with Gasteiger partial charge in [0.15, 0.2) is 0 Å². The van der Waals surface area contributed by atoms with E-state index < -0.39 is 7.12 Å².